The lowest BCUT2D eigenvalue weighted by atomic mass is 9.97. The third-order valence-corrected chi connectivity index (χ3v) is 3.97. The molecule has 104 valence electrons. The number of hydrogen-bond acceptors (Lipinski definition) is 4. The second kappa shape index (κ2) is 4.94. The van der Waals surface area contributed by atoms with E-state index in [2.05, 4.69) is 4.99 Å². The van der Waals surface area contributed by atoms with Crippen molar-refractivity contribution in [3.63, 3.8) is 0 Å². The number of phenolic OH excluding ortho intramolecular Hbond substituents is 1. The Bertz CT molecular complexity index is 544. The molecule has 0 amide bonds. The maximum Gasteiger partial charge on any atom is 0.154 e. The minimum Gasteiger partial charge on any atom is -0.506 e. The predicted octanol–water partition coefficient (Wildman–Crippen LogP) is 4.03. The summed E-state index contributed by atoms with van der Waals surface area (Å²) in [5.74, 6) is -0.105. The minimum absolute atomic E-state index is 0.105. The first-order chi connectivity index (χ1) is 8.78. The molecule has 0 aliphatic carbocycles. The van der Waals surface area contributed by atoms with E-state index in [1.807, 2.05) is 20.8 Å². The van der Waals surface area contributed by atoms with Gasteiger partial charge in [0, 0.05) is 16.3 Å². The molecule has 1 aliphatic rings. The largest absolute Gasteiger partial charge is 0.506 e. The van der Waals surface area contributed by atoms with Gasteiger partial charge < -0.3 is 10.3 Å². The zero-order valence-electron chi connectivity index (χ0n) is 11.0. The van der Waals surface area contributed by atoms with Gasteiger partial charge in [-0.2, -0.15) is 5.06 Å². The number of phenols is 1. The first-order valence-corrected chi connectivity index (χ1v) is 6.78. The normalized spacial score (nSPS) is 22.6. The molecule has 1 unspecified atom stereocenters. The van der Waals surface area contributed by atoms with Gasteiger partial charge in [0.25, 0.3) is 0 Å². The fourth-order valence-electron chi connectivity index (χ4n) is 2.31. The zero-order valence-corrected chi connectivity index (χ0v) is 12.5. The molecule has 0 saturated carbocycles. The van der Waals surface area contributed by atoms with Gasteiger partial charge in [0.2, 0.25) is 0 Å². The van der Waals surface area contributed by atoms with Gasteiger partial charge >= 0.3 is 0 Å². The van der Waals surface area contributed by atoms with E-state index in [0.717, 1.165) is 17.2 Å². The highest BCUT2D eigenvalue weighted by molar-refractivity contribution is 6.35. The van der Waals surface area contributed by atoms with E-state index in [0.29, 0.717) is 10.6 Å². The molecule has 4 nitrogen and oxygen atoms in total. The van der Waals surface area contributed by atoms with Crippen LogP contribution in [0.15, 0.2) is 17.1 Å². The van der Waals surface area contributed by atoms with E-state index in [-0.39, 0.29) is 10.8 Å². The lowest BCUT2D eigenvalue weighted by Crippen LogP contribution is -2.43. The number of aliphatic imine (C=N–C) groups is 1. The third kappa shape index (κ3) is 2.34. The monoisotopic (exact) mass is 302 g/mol. The summed E-state index contributed by atoms with van der Waals surface area (Å²) in [7, 11) is 0. The molecule has 0 bridgehead atoms. The highest BCUT2D eigenvalue weighted by Gasteiger charge is 2.43. The zero-order chi connectivity index (χ0) is 14.4. The Balaban J connectivity index is 2.52. The van der Waals surface area contributed by atoms with Crippen molar-refractivity contribution in [2.75, 3.05) is 0 Å². The van der Waals surface area contributed by atoms with Crippen molar-refractivity contribution in [1.82, 2.24) is 5.06 Å². The summed E-state index contributed by atoms with van der Waals surface area (Å²) in [5.41, 5.74) is 0.674. The van der Waals surface area contributed by atoms with Gasteiger partial charge in [-0.3, -0.25) is 4.99 Å². The van der Waals surface area contributed by atoms with Crippen molar-refractivity contribution in [3.8, 4) is 5.75 Å². The number of rotatable bonds is 2. The second-order valence-corrected chi connectivity index (χ2v) is 5.88. The van der Waals surface area contributed by atoms with E-state index in [1.165, 1.54) is 6.07 Å². The van der Waals surface area contributed by atoms with Gasteiger partial charge in [-0.25, -0.2) is 0 Å². The maximum atomic E-state index is 10.3. The van der Waals surface area contributed by atoms with Crippen LogP contribution in [0.4, 0.5) is 0 Å². The summed E-state index contributed by atoms with van der Waals surface area (Å²) >= 11 is 11.8. The fraction of sp³-hybridized carbons (Fsp3) is 0.462. The predicted molar refractivity (Wildman–Crippen MR) is 76.3 cm³/mol. The Morgan fingerprint density at radius 1 is 1.37 bits per heavy atom. The number of halogens is 2. The molecule has 1 aromatic carbocycles. The fourth-order valence-corrected chi connectivity index (χ4v) is 2.82. The molecule has 0 saturated heterocycles. The molecule has 1 aliphatic heterocycles. The summed E-state index contributed by atoms with van der Waals surface area (Å²) in [6.45, 7) is 5.72. The Morgan fingerprint density at radius 2 is 2.00 bits per heavy atom. The summed E-state index contributed by atoms with van der Waals surface area (Å²) in [5, 5.41) is 22.0. The Labute approximate surface area is 122 Å². The molecule has 0 spiro atoms. The van der Waals surface area contributed by atoms with Gasteiger partial charge in [-0.1, -0.05) is 30.1 Å². The van der Waals surface area contributed by atoms with Crippen LogP contribution in [0.25, 0.3) is 0 Å². The van der Waals surface area contributed by atoms with Crippen LogP contribution in [0, 0.1) is 0 Å². The molecule has 1 atom stereocenters. The Hall–Kier alpha value is -0.810. The summed E-state index contributed by atoms with van der Waals surface area (Å²) in [6, 6.07) is 3.02. The van der Waals surface area contributed by atoms with E-state index < -0.39 is 11.7 Å². The lowest BCUT2D eigenvalue weighted by Gasteiger charge is -2.30. The number of aromatic hydroxyl groups is 1. The Morgan fingerprint density at radius 3 is 2.53 bits per heavy atom. The first-order valence-electron chi connectivity index (χ1n) is 6.02. The molecular weight excluding hydrogens is 287 g/mol. The van der Waals surface area contributed by atoms with Crippen LogP contribution in [-0.2, 0) is 0 Å². The molecule has 1 heterocycles. The second-order valence-electron chi connectivity index (χ2n) is 5.03. The summed E-state index contributed by atoms with van der Waals surface area (Å²) in [4.78, 5) is 4.47. The van der Waals surface area contributed by atoms with Crippen LogP contribution in [0.2, 0.25) is 10.0 Å². The lowest BCUT2D eigenvalue weighted by molar-refractivity contribution is -0.160. The average Bonchev–Trinajstić information content (AvgIpc) is 2.56. The van der Waals surface area contributed by atoms with Gasteiger partial charge in [-0.15, -0.1) is 0 Å². The van der Waals surface area contributed by atoms with Crippen LogP contribution in [0.1, 0.15) is 38.9 Å². The standard InChI is InChI=1S/C13H16Cl2N2O2/c1-4-10-13(2,3)17(19)12(16-10)8-5-7(14)6-9(15)11(8)18/h5-6,12,18-19H,4H2,1-3H3. The van der Waals surface area contributed by atoms with E-state index in [4.69, 9.17) is 23.2 Å². The molecule has 1 aromatic rings. The molecule has 6 heteroatoms. The quantitative estimate of drug-likeness (QED) is 0.867. The highest BCUT2D eigenvalue weighted by Crippen LogP contribution is 2.42. The topological polar surface area (TPSA) is 56.1 Å². The third-order valence-electron chi connectivity index (χ3n) is 3.46. The van der Waals surface area contributed by atoms with Crippen molar-refractivity contribution in [2.24, 2.45) is 4.99 Å². The van der Waals surface area contributed by atoms with Crippen molar-refractivity contribution in [2.45, 2.75) is 38.9 Å². The molecule has 0 aromatic heterocycles. The molecular formula is C13H16Cl2N2O2. The molecule has 0 fully saturated rings. The van der Waals surface area contributed by atoms with E-state index >= 15 is 0 Å². The van der Waals surface area contributed by atoms with Crippen molar-refractivity contribution >= 4 is 28.9 Å². The van der Waals surface area contributed by atoms with Gasteiger partial charge in [0.1, 0.15) is 5.75 Å². The highest BCUT2D eigenvalue weighted by atomic mass is 35.5. The van der Waals surface area contributed by atoms with Crippen LogP contribution >= 0.6 is 23.2 Å². The van der Waals surface area contributed by atoms with Gasteiger partial charge in [0.05, 0.1) is 10.6 Å². The van der Waals surface area contributed by atoms with Gasteiger partial charge in [0.15, 0.2) is 6.17 Å². The number of benzene rings is 1. The number of hydroxylamine groups is 2. The average molecular weight is 303 g/mol. The van der Waals surface area contributed by atoms with Crippen LogP contribution in [0.3, 0.4) is 0 Å². The maximum absolute atomic E-state index is 10.3. The molecule has 2 rings (SSSR count). The van der Waals surface area contributed by atoms with Crippen molar-refractivity contribution < 1.29 is 10.3 Å². The minimum atomic E-state index is -0.693. The Kier molecular flexibility index (Phi) is 3.80. The van der Waals surface area contributed by atoms with Crippen molar-refractivity contribution in [3.05, 3.63) is 27.7 Å². The van der Waals surface area contributed by atoms with Crippen molar-refractivity contribution in [1.29, 1.82) is 0 Å². The van der Waals surface area contributed by atoms with Crippen LogP contribution in [0.5, 0.6) is 5.75 Å². The van der Waals surface area contributed by atoms with Crippen LogP contribution < -0.4 is 0 Å². The van der Waals surface area contributed by atoms with Gasteiger partial charge in [-0.05, 0) is 32.4 Å². The molecule has 2 N–H and O–H groups in total. The van der Waals surface area contributed by atoms with Crippen LogP contribution in [-0.4, -0.2) is 26.6 Å². The van der Waals surface area contributed by atoms with E-state index in [1.54, 1.807) is 6.07 Å². The SMILES string of the molecule is CCC1=NC(c2cc(Cl)cc(Cl)c2O)N(O)C1(C)C. The first kappa shape index (κ1) is 14.6. The smallest absolute Gasteiger partial charge is 0.154 e. The summed E-state index contributed by atoms with van der Waals surface area (Å²) in [6.07, 6.45) is 0.0245. The summed E-state index contributed by atoms with van der Waals surface area (Å²) < 4.78 is 0. The molecule has 0 radical (unpaired) electrons. The number of nitrogens with zero attached hydrogens (tertiary/aromatic N) is 2. The number of hydrogen-bond donors (Lipinski definition) is 2. The molecule has 19 heavy (non-hydrogen) atoms. The van der Waals surface area contributed by atoms with E-state index in [9.17, 15) is 10.3 Å².